The molecule has 0 saturated heterocycles. The average molecular weight is 258 g/mol. The first-order valence-electron chi connectivity index (χ1n) is 7.75. The van der Waals surface area contributed by atoms with Gasteiger partial charge in [-0.3, -0.25) is 0 Å². The summed E-state index contributed by atoms with van der Waals surface area (Å²) in [6.45, 7) is 8.50. The Hall–Kier alpha value is -0.0800. The van der Waals surface area contributed by atoms with E-state index in [1.807, 2.05) is 0 Å². The minimum Gasteiger partial charge on any atom is -0.368 e. The van der Waals surface area contributed by atoms with Crippen LogP contribution in [0.5, 0.6) is 0 Å². The van der Waals surface area contributed by atoms with E-state index in [-0.39, 0.29) is 11.3 Å². The van der Waals surface area contributed by atoms with E-state index in [1.54, 1.807) is 0 Å². The molecule has 0 aromatic carbocycles. The normalized spacial score (nSPS) is 14.2. The van der Waals surface area contributed by atoms with Gasteiger partial charge in [0.05, 0.1) is 0 Å². The summed E-state index contributed by atoms with van der Waals surface area (Å²) in [7, 11) is 0. The number of hydrogen-bond donors (Lipinski definition) is 2. The minimum atomic E-state index is -1.17. The van der Waals surface area contributed by atoms with Crippen LogP contribution < -0.4 is 0 Å². The summed E-state index contributed by atoms with van der Waals surface area (Å²) in [5, 5.41) is 18.8. The zero-order valence-electron chi connectivity index (χ0n) is 12.9. The van der Waals surface area contributed by atoms with Crippen LogP contribution >= 0.6 is 0 Å². The van der Waals surface area contributed by atoms with Crippen molar-refractivity contribution in [3.63, 3.8) is 0 Å². The van der Waals surface area contributed by atoms with Crippen LogP contribution in [0.4, 0.5) is 0 Å². The topological polar surface area (TPSA) is 40.5 Å². The van der Waals surface area contributed by atoms with E-state index in [4.69, 9.17) is 0 Å². The molecule has 1 unspecified atom stereocenters. The maximum atomic E-state index is 9.40. The molecule has 2 nitrogen and oxygen atoms in total. The van der Waals surface area contributed by atoms with Crippen LogP contribution in [0.3, 0.4) is 0 Å². The molecule has 110 valence electrons. The van der Waals surface area contributed by atoms with Crippen molar-refractivity contribution in [2.75, 3.05) is 0 Å². The van der Waals surface area contributed by atoms with Gasteiger partial charge < -0.3 is 10.2 Å². The van der Waals surface area contributed by atoms with E-state index in [0.717, 1.165) is 12.8 Å². The summed E-state index contributed by atoms with van der Waals surface area (Å²) in [4.78, 5) is 0. The molecule has 0 bridgehead atoms. The Kier molecular flexibility index (Phi) is 9.76. The van der Waals surface area contributed by atoms with Crippen LogP contribution in [0, 0.1) is 11.3 Å². The maximum absolute atomic E-state index is 9.40. The Balaban J connectivity index is 3.57. The molecule has 0 aliphatic heterocycles. The van der Waals surface area contributed by atoms with Gasteiger partial charge in [-0.05, 0) is 11.8 Å². The summed E-state index contributed by atoms with van der Waals surface area (Å²) >= 11 is 0. The second-order valence-electron chi connectivity index (χ2n) is 6.65. The highest BCUT2D eigenvalue weighted by molar-refractivity contribution is 4.75. The van der Waals surface area contributed by atoms with Gasteiger partial charge in [-0.2, -0.15) is 0 Å². The third-order valence-corrected chi connectivity index (χ3v) is 3.84. The summed E-state index contributed by atoms with van der Waals surface area (Å²) in [6.07, 6.45) is 10.1. The van der Waals surface area contributed by atoms with E-state index in [9.17, 15) is 10.2 Å². The summed E-state index contributed by atoms with van der Waals surface area (Å²) in [6, 6.07) is 0. The Morgan fingerprint density at radius 2 is 1.22 bits per heavy atom. The predicted molar refractivity (Wildman–Crippen MR) is 78.4 cm³/mol. The molecule has 0 aromatic heterocycles. The Labute approximate surface area is 114 Å². The Morgan fingerprint density at radius 3 is 1.61 bits per heavy atom. The maximum Gasteiger partial charge on any atom is 0.154 e. The lowest BCUT2D eigenvalue weighted by molar-refractivity contribution is -0.117. The molecule has 0 spiro atoms. The van der Waals surface area contributed by atoms with Gasteiger partial charge in [0, 0.05) is 5.92 Å². The first-order chi connectivity index (χ1) is 8.39. The second-order valence-corrected chi connectivity index (χ2v) is 6.65. The van der Waals surface area contributed by atoms with Gasteiger partial charge in [-0.15, -0.1) is 0 Å². The number of aliphatic hydroxyl groups excluding tert-OH is 1. The molecule has 0 rings (SSSR count). The molecule has 0 aromatic rings. The van der Waals surface area contributed by atoms with Crippen LogP contribution in [0.15, 0.2) is 0 Å². The van der Waals surface area contributed by atoms with Crippen molar-refractivity contribution < 1.29 is 10.2 Å². The highest BCUT2D eigenvalue weighted by atomic mass is 16.5. The molecule has 2 N–H and O–H groups in total. The van der Waals surface area contributed by atoms with Crippen LogP contribution in [0.2, 0.25) is 0 Å². The van der Waals surface area contributed by atoms with E-state index >= 15 is 0 Å². The van der Waals surface area contributed by atoms with Gasteiger partial charge in [-0.25, -0.2) is 0 Å². The van der Waals surface area contributed by atoms with Crippen molar-refractivity contribution in [1.29, 1.82) is 0 Å². The van der Waals surface area contributed by atoms with Crippen molar-refractivity contribution in [3.8, 4) is 0 Å². The first-order valence-corrected chi connectivity index (χ1v) is 7.75. The Morgan fingerprint density at radius 1 is 0.778 bits per heavy atom. The van der Waals surface area contributed by atoms with E-state index in [2.05, 4.69) is 27.7 Å². The quantitative estimate of drug-likeness (QED) is 0.448. The predicted octanol–water partition coefficient (Wildman–Crippen LogP) is 4.49. The zero-order chi connectivity index (χ0) is 14.0. The summed E-state index contributed by atoms with van der Waals surface area (Å²) in [5.74, 6) is -0.00223. The van der Waals surface area contributed by atoms with Crippen molar-refractivity contribution in [2.45, 2.75) is 91.8 Å². The molecule has 2 heteroatoms. The van der Waals surface area contributed by atoms with Crippen molar-refractivity contribution in [1.82, 2.24) is 0 Å². The molecule has 0 aliphatic rings. The second kappa shape index (κ2) is 9.80. The average Bonchev–Trinajstić information content (AvgIpc) is 2.24. The highest BCUT2D eigenvalue weighted by Crippen LogP contribution is 2.32. The van der Waals surface area contributed by atoms with Gasteiger partial charge in [0.15, 0.2) is 6.29 Å². The van der Waals surface area contributed by atoms with Crippen molar-refractivity contribution >= 4 is 0 Å². The fraction of sp³-hybridized carbons (Fsp3) is 1.00. The fourth-order valence-corrected chi connectivity index (χ4v) is 2.53. The van der Waals surface area contributed by atoms with Crippen LogP contribution in [-0.4, -0.2) is 16.5 Å². The number of rotatable bonds is 10. The molecule has 0 amide bonds. The smallest absolute Gasteiger partial charge is 0.154 e. The molecule has 0 radical (unpaired) electrons. The van der Waals surface area contributed by atoms with Gasteiger partial charge in [0.1, 0.15) is 0 Å². The Bertz CT molecular complexity index is 182. The lowest BCUT2D eigenvalue weighted by Crippen LogP contribution is -2.31. The molecular formula is C16H34O2. The third-order valence-electron chi connectivity index (χ3n) is 3.84. The minimum absolute atomic E-state index is 0.00223. The lowest BCUT2D eigenvalue weighted by atomic mass is 9.77. The molecule has 0 fully saturated rings. The standard InChI is InChI=1S/C16H34O2/c1-5-6-7-8-9-10-11-12-13-14(15(17)18)16(2,3)4/h14-15,17-18H,5-13H2,1-4H3. The van der Waals surface area contributed by atoms with Gasteiger partial charge in [-0.1, -0.05) is 79.1 Å². The van der Waals surface area contributed by atoms with Gasteiger partial charge in [0.25, 0.3) is 0 Å². The van der Waals surface area contributed by atoms with Crippen LogP contribution in [0.25, 0.3) is 0 Å². The lowest BCUT2D eigenvalue weighted by Gasteiger charge is -2.32. The zero-order valence-corrected chi connectivity index (χ0v) is 12.9. The van der Waals surface area contributed by atoms with E-state index in [1.165, 1.54) is 44.9 Å². The number of aliphatic hydroxyl groups is 2. The number of unbranched alkanes of at least 4 members (excludes halogenated alkanes) is 7. The van der Waals surface area contributed by atoms with Crippen molar-refractivity contribution in [3.05, 3.63) is 0 Å². The fourth-order valence-electron chi connectivity index (χ4n) is 2.53. The van der Waals surface area contributed by atoms with Gasteiger partial charge >= 0.3 is 0 Å². The number of hydrogen-bond acceptors (Lipinski definition) is 2. The van der Waals surface area contributed by atoms with Crippen LogP contribution in [-0.2, 0) is 0 Å². The first kappa shape index (κ1) is 17.9. The highest BCUT2D eigenvalue weighted by Gasteiger charge is 2.29. The molecule has 0 saturated carbocycles. The van der Waals surface area contributed by atoms with Crippen LogP contribution in [0.1, 0.15) is 85.5 Å². The molecule has 0 heterocycles. The third kappa shape index (κ3) is 8.93. The summed E-state index contributed by atoms with van der Waals surface area (Å²) in [5.41, 5.74) is -0.0186. The summed E-state index contributed by atoms with van der Waals surface area (Å²) < 4.78 is 0. The van der Waals surface area contributed by atoms with Gasteiger partial charge in [0.2, 0.25) is 0 Å². The molecule has 1 atom stereocenters. The van der Waals surface area contributed by atoms with Crippen molar-refractivity contribution in [2.24, 2.45) is 11.3 Å². The monoisotopic (exact) mass is 258 g/mol. The molecule has 18 heavy (non-hydrogen) atoms. The van der Waals surface area contributed by atoms with E-state index in [0.29, 0.717) is 0 Å². The molecule has 0 aliphatic carbocycles. The SMILES string of the molecule is CCCCCCCCCCC(C(O)O)C(C)(C)C. The molecular weight excluding hydrogens is 224 g/mol. The largest absolute Gasteiger partial charge is 0.368 e. The van der Waals surface area contributed by atoms with E-state index < -0.39 is 6.29 Å².